The SMILES string of the molecule is C[C@H]1COc2cc(S(=O)(=O)Cc3nccs3)ccc2N1c1ccc(C(F)(F)F)cc1C#N. The third kappa shape index (κ3) is 4.16. The second-order valence-electron chi connectivity index (χ2n) is 7.19. The molecule has 1 aliphatic heterocycles. The molecule has 6 nitrogen and oxygen atoms in total. The van der Waals surface area contributed by atoms with E-state index in [1.165, 1.54) is 35.7 Å². The predicted molar refractivity (Wildman–Crippen MR) is 113 cm³/mol. The summed E-state index contributed by atoms with van der Waals surface area (Å²) in [7, 11) is -3.68. The van der Waals surface area contributed by atoms with E-state index in [0.29, 0.717) is 10.7 Å². The van der Waals surface area contributed by atoms with Crippen molar-refractivity contribution in [2.75, 3.05) is 11.5 Å². The number of hydrogen-bond acceptors (Lipinski definition) is 7. The highest BCUT2D eigenvalue weighted by molar-refractivity contribution is 7.90. The van der Waals surface area contributed by atoms with Crippen molar-refractivity contribution in [3.8, 4) is 11.8 Å². The molecular formula is C21H16F3N3O3S2. The number of sulfone groups is 1. The van der Waals surface area contributed by atoms with Crippen LogP contribution in [0.2, 0.25) is 0 Å². The summed E-state index contributed by atoms with van der Waals surface area (Å²) in [6, 6.07) is 8.87. The lowest BCUT2D eigenvalue weighted by molar-refractivity contribution is -0.137. The summed E-state index contributed by atoms with van der Waals surface area (Å²) in [5, 5.41) is 11.6. The van der Waals surface area contributed by atoms with E-state index < -0.39 is 21.6 Å². The van der Waals surface area contributed by atoms with Crippen molar-refractivity contribution in [2.24, 2.45) is 0 Å². The van der Waals surface area contributed by atoms with Gasteiger partial charge in [-0.15, -0.1) is 11.3 Å². The summed E-state index contributed by atoms with van der Waals surface area (Å²) < 4.78 is 70.5. The molecule has 0 spiro atoms. The van der Waals surface area contributed by atoms with Crippen molar-refractivity contribution in [3.63, 3.8) is 0 Å². The van der Waals surface area contributed by atoms with Gasteiger partial charge in [0, 0.05) is 17.6 Å². The van der Waals surface area contributed by atoms with Crippen LogP contribution in [0.15, 0.2) is 52.9 Å². The summed E-state index contributed by atoms with van der Waals surface area (Å²) in [6.45, 7) is 1.96. The Morgan fingerprint density at radius 3 is 2.66 bits per heavy atom. The number of thiazole rings is 1. The Morgan fingerprint density at radius 1 is 1.25 bits per heavy atom. The molecule has 4 rings (SSSR count). The number of alkyl halides is 3. The van der Waals surface area contributed by atoms with Crippen molar-refractivity contribution in [3.05, 3.63) is 64.1 Å². The lowest BCUT2D eigenvalue weighted by atomic mass is 10.0. The molecule has 166 valence electrons. The van der Waals surface area contributed by atoms with E-state index >= 15 is 0 Å². The van der Waals surface area contributed by atoms with Crippen LogP contribution in [-0.4, -0.2) is 26.1 Å². The first-order valence-electron chi connectivity index (χ1n) is 9.39. The van der Waals surface area contributed by atoms with Gasteiger partial charge in [-0.2, -0.15) is 18.4 Å². The van der Waals surface area contributed by atoms with Crippen LogP contribution in [0.4, 0.5) is 24.5 Å². The van der Waals surface area contributed by atoms with Gasteiger partial charge in [0.25, 0.3) is 0 Å². The minimum Gasteiger partial charge on any atom is -0.489 e. The molecule has 2 aromatic carbocycles. The average Bonchev–Trinajstić information content (AvgIpc) is 3.24. The molecular weight excluding hydrogens is 463 g/mol. The molecule has 0 bridgehead atoms. The maximum Gasteiger partial charge on any atom is 0.416 e. The Bertz CT molecular complexity index is 1300. The van der Waals surface area contributed by atoms with Gasteiger partial charge in [0.1, 0.15) is 29.2 Å². The summed E-state index contributed by atoms with van der Waals surface area (Å²) in [5.74, 6) is 0.0215. The van der Waals surface area contributed by atoms with Crippen LogP contribution in [0, 0.1) is 11.3 Å². The van der Waals surface area contributed by atoms with E-state index in [2.05, 4.69) is 4.98 Å². The Balaban J connectivity index is 1.75. The third-order valence-corrected chi connectivity index (χ3v) is 7.56. The summed E-state index contributed by atoms with van der Waals surface area (Å²) in [4.78, 5) is 5.75. The predicted octanol–water partition coefficient (Wildman–Crippen LogP) is 4.93. The zero-order valence-corrected chi connectivity index (χ0v) is 18.3. The van der Waals surface area contributed by atoms with Gasteiger partial charge in [-0.1, -0.05) is 0 Å². The monoisotopic (exact) mass is 479 g/mol. The second-order valence-corrected chi connectivity index (χ2v) is 10.2. The number of rotatable bonds is 4. The molecule has 1 aromatic heterocycles. The fraction of sp³-hybridized carbons (Fsp3) is 0.238. The number of fused-ring (bicyclic) bond motifs is 1. The smallest absolute Gasteiger partial charge is 0.416 e. The quantitative estimate of drug-likeness (QED) is 0.528. The van der Waals surface area contributed by atoms with Crippen LogP contribution < -0.4 is 9.64 Å². The minimum absolute atomic E-state index is 0.0499. The van der Waals surface area contributed by atoms with Crippen molar-refractivity contribution in [1.29, 1.82) is 5.26 Å². The summed E-state index contributed by atoms with van der Waals surface area (Å²) in [6.07, 6.45) is -3.04. The zero-order valence-electron chi connectivity index (χ0n) is 16.6. The molecule has 0 fully saturated rings. The molecule has 32 heavy (non-hydrogen) atoms. The highest BCUT2D eigenvalue weighted by atomic mass is 32.2. The van der Waals surface area contributed by atoms with Gasteiger partial charge in [0.15, 0.2) is 9.84 Å². The van der Waals surface area contributed by atoms with Gasteiger partial charge in [-0.05, 0) is 37.3 Å². The highest BCUT2D eigenvalue weighted by Gasteiger charge is 2.33. The molecule has 0 aliphatic carbocycles. The molecule has 0 saturated heterocycles. The number of nitrogens with zero attached hydrogens (tertiary/aromatic N) is 3. The molecule has 0 N–H and O–H groups in total. The molecule has 0 saturated carbocycles. The largest absolute Gasteiger partial charge is 0.489 e. The van der Waals surface area contributed by atoms with Gasteiger partial charge >= 0.3 is 6.18 Å². The molecule has 0 unspecified atom stereocenters. The van der Waals surface area contributed by atoms with Crippen LogP contribution in [0.3, 0.4) is 0 Å². The molecule has 3 aromatic rings. The first-order chi connectivity index (χ1) is 15.1. The second kappa shape index (κ2) is 8.11. The Kier molecular flexibility index (Phi) is 5.60. The van der Waals surface area contributed by atoms with Crippen LogP contribution in [0.5, 0.6) is 5.75 Å². The van der Waals surface area contributed by atoms with Crippen molar-refractivity contribution < 1.29 is 26.3 Å². The molecule has 0 radical (unpaired) electrons. The van der Waals surface area contributed by atoms with E-state index in [1.54, 1.807) is 23.3 Å². The molecule has 1 atom stereocenters. The number of anilines is 2. The number of hydrogen-bond donors (Lipinski definition) is 0. The van der Waals surface area contributed by atoms with Crippen molar-refractivity contribution >= 4 is 32.5 Å². The third-order valence-electron chi connectivity index (χ3n) is 4.97. The Morgan fingerprint density at radius 2 is 2.00 bits per heavy atom. The van der Waals surface area contributed by atoms with Crippen molar-refractivity contribution in [2.45, 2.75) is 29.8 Å². The van der Waals surface area contributed by atoms with E-state index in [1.807, 2.05) is 6.07 Å². The maximum absolute atomic E-state index is 13.1. The van der Waals surface area contributed by atoms with Crippen LogP contribution >= 0.6 is 11.3 Å². The summed E-state index contributed by atoms with van der Waals surface area (Å²) >= 11 is 1.24. The van der Waals surface area contributed by atoms with Gasteiger partial charge < -0.3 is 9.64 Å². The van der Waals surface area contributed by atoms with E-state index in [4.69, 9.17) is 4.74 Å². The molecule has 1 aliphatic rings. The van der Waals surface area contributed by atoms with Gasteiger partial charge in [0.2, 0.25) is 0 Å². The van der Waals surface area contributed by atoms with Gasteiger partial charge in [-0.25, -0.2) is 13.4 Å². The fourth-order valence-electron chi connectivity index (χ4n) is 3.47. The van der Waals surface area contributed by atoms with Crippen LogP contribution in [0.25, 0.3) is 0 Å². The van der Waals surface area contributed by atoms with Gasteiger partial charge in [-0.3, -0.25) is 0 Å². The number of halogens is 3. The Labute approximate surface area is 186 Å². The van der Waals surface area contributed by atoms with Crippen LogP contribution in [0.1, 0.15) is 23.1 Å². The van der Waals surface area contributed by atoms with Crippen LogP contribution in [-0.2, 0) is 21.8 Å². The lowest BCUT2D eigenvalue weighted by Gasteiger charge is -2.37. The standard InChI is InChI=1S/C21H16F3N3O3S2/c1-13-11-30-19-9-16(32(28,29)12-20-26-6-7-31-20)3-5-18(19)27(13)17-4-2-15(21(22,23)24)8-14(17)10-25/h2-9,13H,11-12H2,1H3/t13-/m0/s1. The lowest BCUT2D eigenvalue weighted by Crippen LogP contribution is -2.38. The number of ether oxygens (including phenoxy) is 1. The zero-order chi connectivity index (χ0) is 23.1. The number of aromatic nitrogens is 1. The first kappa shape index (κ1) is 22.1. The number of nitriles is 1. The molecule has 11 heteroatoms. The van der Waals surface area contributed by atoms with Crippen molar-refractivity contribution in [1.82, 2.24) is 4.98 Å². The number of benzene rings is 2. The Hall–Kier alpha value is -3.10. The van der Waals surface area contributed by atoms with Gasteiger partial charge in [0.05, 0.1) is 33.4 Å². The molecule has 0 amide bonds. The average molecular weight is 480 g/mol. The first-order valence-corrected chi connectivity index (χ1v) is 11.9. The van der Waals surface area contributed by atoms with E-state index in [0.717, 1.165) is 12.1 Å². The fourth-order valence-corrected chi connectivity index (χ4v) is 5.74. The van der Waals surface area contributed by atoms with E-state index in [-0.39, 0.29) is 40.3 Å². The summed E-state index contributed by atoms with van der Waals surface area (Å²) in [5.41, 5.74) is -0.299. The minimum atomic E-state index is -4.57. The normalized spacial score (nSPS) is 16.2. The maximum atomic E-state index is 13.1. The van der Waals surface area contributed by atoms with E-state index in [9.17, 15) is 26.9 Å². The topological polar surface area (TPSA) is 83.3 Å². The molecule has 2 heterocycles. The highest BCUT2D eigenvalue weighted by Crippen LogP contribution is 2.43.